The first kappa shape index (κ1) is 32.4. The highest BCUT2D eigenvalue weighted by atomic mass is 32.2. The predicted octanol–water partition coefficient (Wildman–Crippen LogP) is 5.97. The van der Waals surface area contributed by atoms with E-state index in [4.69, 9.17) is 14.2 Å². The third-order valence-corrected chi connectivity index (χ3v) is 8.37. The Labute approximate surface area is 259 Å². The molecule has 11 nitrogen and oxygen atoms in total. The summed E-state index contributed by atoms with van der Waals surface area (Å²) >= 11 is 1.08. The zero-order chi connectivity index (χ0) is 32.7. The fourth-order valence-electron chi connectivity index (χ4n) is 4.57. The van der Waals surface area contributed by atoms with E-state index in [0.717, 1.165) is 17.4 Å². The predicted molar refractivity (Wildman–Crippen MR) is 156 cm³/mol. The summed E-state index contributed by atoms with van der Waals surface area (Å²) in [6.45, 7) is 6.09. The minimum absolute atomic E-state index is 0.0289. The number of thiophene rings is 1. The van der Waals surface area contributed by atoms with Crippen LogP contribution >= 0.6 is 11.3 Å². The molecule has 3 aromatic heterocycles. The number of nitrogens with zero attached hydrogens (tertiary/aromatic N) is 4. The van der Waals surface area contributed by atoms with Crippen LogP contribution in [0.15, 0.2) is 35.7 Å². The fourth-order valence-corrected chi connectivity index (χ4v) is 5.94. The number of ether oxygens (including phenoxy) is 3. The summed E-state index contributed by atoms with van der Waals surface area (Å²) in [5, 5.41) is 6.09. The van der Waals surface area contributed by atoms with Gasteiger partial charge in [-0.25, -0.2) is 14.2 Å². The second-order valence-corrected chi connectivity index (χ2v) is 13.4. The Morgan fingerprint density at radius 1 is 1.09 bits per heavy atom. The van der Waals surface area contributed by atoms with Gasteiger partial charge < -0.3 is 23.3 Å². The van der Waals surface area contributed by atoms with E-state index in [1.54, 1.807) is 31.5 Å². The molecule has 0 saturated heterocycles. The lowest BCUT2D eigenvalue weighted by Crippen LogP contribution is -2.41. The van der Waals surface area contributed by atoms with Crippen LogP contribution in [0, 0.1) is 5.82 Å². The Morgan fingerprint density at radius 3 is 2.53 bits per heavy atom. The molecule has 0 aliphatic carbocycles. The van der Waals surface area contributed by atoms with Crippen LogP contribution in [0.4, 0.5) is 22.4 Å². The largest absolute Gasteiger partial charge is 0.534 e. The van der Waals surface area contributed by atoms with Crippen molar-refractivity contribution in [1.29, 1.82) is 0 Å². The lowest BCUT2D eigenvalue weighted by Gasteiger charge is -2.30. The maximum Gasteiger partial charge on any atom is 0.534 e. The molecule has 0 radical (unpaired) electrons. The maximum absolute atomic E-state index is 14.4. The van der Waals surface area contributed by atoms with Gasteiger partial charge in [-0.05, 0) is 50.4 Å². The van der Waals surface area contributed by atoms with Crippen molar-refractivity contribution in [3.63, 3.8) is 0 Å². The fraction of sp³-hybridized carbons (Fsp3) is 0.393. The van der Waals surface area contributed by atoms with Crippen LogP contribution in [0.1, 0.15) is 26.5 Å². The first-order valence-electron chi connectivity index (χ1n) is 13.5. The van der Waals surface area contributed by atoms with Gasteiger partial charge in [-0.3, -0.25) is 4.68 Å². The number of fused-ring (bicyclic) bond motifs is 2. The number of benzene rings is 1. The van der Waals surface area contributed by atoms with Gasteiger partial charge in [-0.15, -0.1) is 11.3 Å². The Balaban J connectivity index is 1.69. The number of aromatic nitrogens is 3. The van der Waals surface area contributed by atoms with Gasteiger partial charge in [0.15, 0.2) is 0 Å². The number of carbonyl (C=O) groups excluding carboxylic acids is 1. The van der Waals surface area contributed by atoms with Gasteiger partial charge in [0.2, 0.25) is 5.88 Å². The van der Waals surface area contributed by atoms with Crippen LogP contribution in [0.3, 0.4) is 0 Å². The van der Waals surface area contributed by atoms with Crippen LogP contribution < -0.4 is 8.92 Å². The monoisotopic (exact) mass is 672 g/mol. The summed E-state index contributed by atoms with van der Waals surface area (Å²) in [7, 11) is -4.63. The number of amides is 1. The van der Waals surface area contributed by atoms with Crippen molar-refractivity contribution in [3.8, 4) is 34.1 Å². The number of hydrogen-bond donors (Lipinski definition) is 0. The van der Waals surface area contributed by atoms with E-state index in [1.165, 1.54) is 35.6 Å². The van der Waals surface area contributed by atoms with Gasteiger partial charge >= 0.3 is 21.7 Å². The molecule has 0 saturated carbocycles. The van der Waals surface area contributed by atoms with E-state index in [2.05, 4.69) is 14.3 Å². The molecule has 5 rings (SSSR count). The van der Waals surface area contributed by atoms with Gasteiger partial charge in [0.1, 0.15) is 35.2 Å². The number of hydrogen-bond acceptors (Lipinski definition) is 10. The molecule has 4 heterocycles. The minimum Gasteiger partial charge on any atom is -0.490 e. The highest BCUT2D eigenvalue weighted by molar-refractivity contribution is 7.88. The molecule has 1 aliphatic rings. The maximum atomic E-state index is 14.4. The molecule has 1 amide bonds. The van der Waals surface area contributed by atoms with Gasteiger partial charge in [-0.2, -0.15) is 26.7 Å². The number of carbonyl (C=O) groups is 1. The average molecular weight is 673 g/mol. The molecule has 0 spiro atoms. The average Bonchev–Trinajstić information content (AvgIpc) is 3.59. The first-order valence-corrected chi connectivity index (χ1v) is 15.8. The smallest absolute Gasteiger partial charge is 0.490 e. The number of pyridine rings is 1. The Hall–Kier alpha value is -3.96. The number of alkyl halides is 3. The van der Waals surface area contributed by atoms with Crippen molar-refractivity contribution in [2.45, 2.75) is 45.0 Å². The van der Waals surface area contributed by atoms with Crippen molar-refractivity contribution in [1.82, 2.24) is 19.7 Å². The molecule has 0 bridgehead atoms. The van der Waals surface area contributed by atoms with Crippen molar-refractivity contribution in [2.75, 3.05) is 26.9 Å². The SMILES string of the molecule is COCCOc1cc(F)ccc1-c1c(-c2cc3n(n2)CCN(C(=O)OC(C)(C)C)C3)nc(OS(=O)(=O)C(F)(F)F)c2ccsc12. The molecule has 45 heavy (non-hydrogen) atoms. The minimum atomic E-state index is -6.09. The number of rotatable bonds is 8. The second-order valence-electron chi connectivity index (χ2n) is 10.9. The second kappa shape index (κ2) is 12.1. The zero-order valence-electron chi connectivity index (χ0n) is 24.5. The molecular weight excluding hydrogens is 644 g/mol. The summed E-state index contributed by atoms with van der Waals surface area (Å²) in [4.78, 5) is 18.5. The molecule has 1 aromatic carbocycles. The highest BCUT2D eigenvalue weighted by Gasteiger charge is 2.49. The van der Waals surface area contributed by atoms with E-state index in [0.29, 0.717) is 16.8 Å². The van der Waals surface area contributed by atoms with Crippen LogP contribution in [-0.4, -0.2) is 72.2 Å². The molecular formula is C28H28F4N4O7S2. The Morgan fingerprint density at radius 2 is 1.84 bits per heavy atom. The van der Waals surface area contributed by atoms with Gasteiger partial charge in [0.25, 0.3) is 0 Å². The van der Waals surface area contributed by atoms with Crippen molar-refractivity contribution in [2.24, 2.45) is 0 Å². The molecule has 242 valence electrons. The molecule has 0 atom stereocenters. The van der Waals surface area contributed by atoms with Crippen molar-refractivity contribution >= 4 is 37.6 Å². The number of methoxy groups -OCH3 is 1. The van der Waals surface area contributed by atoms with E-state index >= 15 is 0 Å². The molecule has 17 heteroatoms. The summed E-state index contributed by atoms with van der Waals surface area (Å²) in [5.74, 6) is -1.34. The molecule has 0 unspecified atom stereocenters. The van der Waals surface area contributed by atoms with Crippen LogP contribution in [0.25, 0.3) is 32.6 Å². The third-order valence-electron chi connectivity index (χ3n) is 6.50. The summed E-state index contributed by atoms with van der Waals surface area (Å²) in [6.07, 6.45) is -0.535. The zero-order valence-corrected chi connectivity index (χ0v) is 26.1. The molecule has 1 aliphatic heterocycles. The Kier molecular flexibility index (Phi) is 8.72. The highest BCUT2D eigenvalue weighted by Crippen LogP contribution is 2.46. The van der Waals surface area contributed by atoms with Gasteiger partial charge in [0.05, 0.1) is 30.8 Å². The molecule has 4 aromatic rings. The van der Waals surface area contributed by atoms with Crippen LogP contribution in [0.2, 0.25) is 0 Å². The van der Waals surface area contributed by atoms with E-state index in [1.807, 2.05) is 0 Å². The van der Waals surface area contributed by atoms with Crippen LogP contribution in [0.5, 0.6) is 11.6 Å². The third kappa shape index (κ3) is 6.84. The first-order chi connectivity index (χ1) is 21.1. The molecule has 0 fully saturated rings. The summed E-state index contributed by atoms with van der Waals surface area (Å²) < 4.78 is 101. The number of halogens is 4. The van der Waals surface area contributed by atoms with Gasteiger partial charge in [0, 0.05) is 35.5 Å². The van der Waals surface area contributed by atoms with E-state index < -0.39 is 39.0 Å². The Bertz CT molecular complexity index is 1850. The normalized spacial score (nSPS) is 14.0. The van der Waals surface area contributed by atoms with Crippen molar-refractivity contribution in [3.05, 3.63) is 47.2 Å². The van der Waals surface area contributed by atoms with Crippen LogP contribution in [-0.2, 0) is 32.7 Å². The van der Waals surface area contributed by atoms with E-state index in [9.17, 15) is 30.8 Å². The van der Waals surface area contributed by atoms with Crippen molar-refractivity contribution < 1.29 is 49.2 Å². The van der Waals surface area contributed by atoms with Gasteiger partial charge in [-0.1, -0.05) is 0 Å². The standard InChI is InChI=1S/C28H28F4N4O7S2/c1-27(2,3)42-26(37)35-8-9-36-17(15-35)14-20(34-36)23-22(18-6-5-16(29)13-21(18)41-11-10-40-4)24-19(7-12-44-24)25(33-23)43-45(38,39)28(30,31)32/h5-7,12-14H,8-11,15H2,1-4H3. The topological polar surface area (TPSA) is 122 Å². The lowest BCUT2D eigenvalue weighted by molar-refractivity contribution is -0.0500. The summed E-state index contributed by atoms with van der Waals surface area (Å²) in [6, 6.07) is 6.69. The molecule has 0 N–H and O–H groups in total. The summed E-state index contributed by atoms with van der Waals surface area (Å²) in [5.41, 5.74) is -5.18. The lowest BCUT2D eigenvalue weighted by atomic mass is 9.99. The quantitative estimate of drug-likeness (QED) is 0.0965. The van der Waals surface area contributed by atoms with E-state index in [-0.39, 0.29) is 60.1 Å².